The van der Waals surface area contributed by atoms with Crippen LogP contribution in [0.1, 0.15) is 50.7 Å². The van der Waals surface area contributed by atoms with Crippen molar-refractivity contribution >= 4 is 52.0 Å². The highest BCUT2D eigenvalue weighted by Gasteiger charge is 2.46. The molecule has 0 saturated carbocycles. The van der Waals surface area contributed by atoms with Crippen LogP contribution in [0.3, 0.4) is 0 Å². The molecule has 13 heteroatoms. The number of benzene rings is 2. The van der Waals surface area contributed by atoms with Crippen molar-refractivity contribution < 1.29 is 33.2 Å². The number of piperidine rings is 1. The van der Waals surface area contributed by atoms with Crippen LogP contribution in [-0.4, -0.2) is 70.4 Å². The molecule has 3 heterocycles. The summed E-state index contributed by atoms with van der Waals surface area (Å²) in [7, 11) is 0. The number of rotatable bonds is 9. The Bertz CT molecular complexity index is 1800. The van der Waals surface area contributed by atoms with Crippen molar-refractivity contribution in [3.63, 3.8) is 0 Å². The number of anilines is 1. The fourth-order valence-electron chi connectivity index (χ4n) is 5.99. The third-order valence-corrected chi connectivity index (χ3v) is 8.67. The summed E-state index contributed by atoms with van der Waals surface area (Å²) in [6.45, 7) is 4.79. The Kier molecular flexibility index (Phi) is 9.54. The number of Topliss-reactive ketones (excluding diaryl/α,β-unsaturated/α-hetero) is 1. The standard InChI is InChI=1S/C34H37N5O8/c1-19-16-29(42)47-26-18-22(11-12-23(19)26)36-30(43)24(17-21-8-5-4-6-9-21)37-31(44)25-10-7-15-39(25)32(45)20(2)35-33(46)34(3)27(40)13-14-28(41)38-34/h4-6,8-9,11-12,16,18,20,24-25H,7,10,13-15,17H2,1-3H3,(H,35,46)(H,36,43)(H,37,44)(H,38,41)/t20-,24-,25-,34+/m0/s1. The molecule has 0 radical (unpaired) electrons. The van der Waals surface area contributed by atoms with Gasteiger partial charge in [-0.3, -0.25) is 28.8 Å². The summed E-state index contributed by atoms with van der Waals surface area (Å²) in [6, 6.07) is 12.4. The van der Waals surface area contributed by atoms with Crippen molar-refractivity contribution in [3.8, 4) is 0 Å². The first-order chi connectivity index (χ1) is 22.4. The van der Waals surface area contributed by atoms with Gasteiger partial charge in [-0.25, -0.2) is 4.79 Å². The molecule has 3 aromatic rings. The molecular formula is C34H37N5O8. The topological polar surface area (TPSA) is 184 Å². The van der Waals surface area contributed by atoms with Gasteiger partial charge in [0.05, 0.1) is 0 Å². The van der Waals surface area contributed by atoms with Crippen LogP contribution in [0.4, 0.5) is 5.69 Å². The summed E-state index contributed by atoms with van der Waals surface area (Å²) >= 11 is 0. The van der Waals surface area contributed by atoms with Gasteiger partial charge in [0.2, 0.25) is 23.6 Å². The third kappa shape index (κ3) is 7.24. The number of carbonyl (C=O) groups excluding carboxylic acids is 6. The van der Waals surface area contributed by atoms with E-state index in [1.807, 2.05) is 30.3 Å². The zero-order chi connectivity index (χ0) is 33.9. The van der Waals surface area contributed by atoms with E-state index in [0.717, 1.165) is 16.5 Å². The maximum Gasteiger partial charge on any atom is 0.336 e. The number of amides is 5. The molecule has 2 aliphatic rings. The first-order valence-electron chi connectivity index (χ1n) is 15.5. The molecule has 4 atom stereocenters. The predicted molar refractivity (Wildman–Crippen MR) is 171 cm³/mol. The Morgan fingerprint density at radius 3 is 2.51 bits per heavy atom. The molecular weight excluding hydrogens is 606 g/mol. The monoisotopic (exact) mass is 643 g/mol. The van der Waals surface area contributed by atoms with E-state index < -0.39 is 64.6 Å². The number of nitrogens with one attached hydrogen (secondary N) is 4. The van der Waals surface area contributed by atoms with Gasteiger partial charge in [-0.2, -0.15) is 0 Å². The van der Waals surface area contributed by atoms with Crippen molar-refractivity contribution in [2.45, 2.75) is 76.5 Å². The first-order valence-corrected chi connectivity index (χ1v) is 15.5. The molecule has 5 amide bonds. The number of likely N-dealkylation sites (tertiary alicyclic amines) is 1. The lowest BCUT2D eigenvalue weighted by Crippen LogP contribution is -2.66. The molecule has 4 N–H and O–H groups in total. The summed E-state index contributed by atoms with van der Waals surface area (Å²) in [5.74, 6) is -3.29. The molecule has 2 aromatic carbocycles. The van der Waals surface area contributed by atoms with E-state index in [4.69, 9.17) is 4.42 Å². The number of aryl methyl sites for hydroxylation is 1. The fraction of sp³-hybridized carbons (Fsp3) is 0.382. The maximum absolute atomic E-state index is 13.7. The number of nitrogens with zero attached hydrogens (tertiary/aromatic N) is 1. The minimum atomic E-state index is -1.79. The molecule has 0 spiro atoms. The third-order valence-electron chi connectivity index (χ3n) is 8.67. The molecule has 47 heavy (non-hydrogen) atoms. The van der Waals surface area contributed by atoms with Gasteiger partial charge < -0.3 is 30.6 Å². The van der Waals surface area contributed by atoms with Crippen LogP contribution in [0.5, 0.6) is 0 Å². The van der Waals surface area contributed by atoms with Crippen LogP contribution in [0.25, 0.3) is 11.0 Å². The van der Waals surface area contributed by atoms with Gasteiger partial charge in [-0.1, -0.05) is 30.3 Å². The number of hydrogen-bond donors (Lipinski definition) is 4. The lowest BCUT2D eigenvalue weighted by molar-refractivity contribution is -0.147. The van der Waals surface area contributed by atoms with Crippen molar-refractivity contribution in [1.82, 2.24) is 20.9 Å². The van der Waals surface area contributed by atoms with Gasteiger partial charge in [0.25, 0.3) is 5.91 Å². The molecule has 0 unspecified atom stereocenters. The second-order valence-electron chi connectivity index (χ2n) is 12.2. The lowest BCUT2D eigenvalue weighted by atomic mass is 9.88. The number of fused-ring (bicyclic) bond motifs is 1. The smallest absolute Gasteiger partial charge is 0.336 e. The first kappa shape index (κ1) is 33.0. The van der Waals surface area contributed by atoms with E-state index in [0.29, 0.717) is 24.1 Å². The van der Waals surface area contributed by atoms with Gasteiger partial charge in [0.1, 0.15) is 23.7 Å². The largest absolute Gasteiger partial charge is 0.423 e. The normalized spacial score (nSPS) is 20.7. The number of hydrogen-bond acceptors (Lipinski definition) is 8. The van der Waals surface area contributed by atoms with Gasteiger partial charge in [-0.05, 0) is 56.9 Å². The van der Waals surface area contributed by atoms with Gasteiger partial charge >= 0.3 is 5.63 Å². The second-order valence-corrected chi connectivity index (χ2v) is 12.2. The van der Waals surface area contributed by atoms with Crippen molar-refractivity contribution in [2.24, 2.45) is 0 Å². The van der Waals surface area contributed by atoms with Gasteiger partial charge in [-0.15, -0.1) is 0 Å². The highest BCUT2D eigenvalue weighted by atomic mass is 16.4. The highest BCUT2D eigenvalue weighted by Crippen LogP contribution is 2.23. The van der Waals surface area contributed by atoms with E-state index in [1.165, 1.54) is 24.8 Å². The number of ketones is 1. The molecule has 0 bridgehead atoms. The van der Waals surface area contributed by atoms with Crippen LogP contribution < -0.4 is 26.9 Å². The van der Waals surface area contributed by atoms with E-state index in [-0.39, 0.29) is 25.8 Å². The lowest BCUT2D eigenvalue weighted by Gasteiger charge is -2.33. The van der Waals surface area contributed by atoms with Crippen molar-refractivity contribution in [3.05, 3.63) is 76.1 Å². The summed E-state index contributed by atoms with van der Waals surface area (Å²) < 4.78 is 5.30. The maximum atomic E-state index is 13.7. The average Bonchev–Trinajstić information content (AvgIpc) is 3.52. The van der Waals surface area contributed by atoms with Gasteiger partial charge in [0.15, 0.2) is 11.3 Å². The number of carbonyl (C=O) groups is 6. The fourth-order valence-corrected chi connectivity index (χ4v) is 5.99. The summed E-state index contributed by atoms with van der Waals surface area (Å²) in [6.07, 6.45) is 0.929. The van der Waals surface area contributed by atoms with E-state index >= 15 is 0 Å². The van der Waals surface area contributed by atoms with Crippen LogP contribution in [0.15, 0.2) is 63.8 Å². The summed E-state index contributed by atoms with van der Waals surface area (Å²) in [5.41, 5.74) is -0.105. The Morgan fingerprint density at radius 2 is 1.77 bits per heavy atom. The van der Waals surface area contributed by atoms with Crippen molar-refractivity contribution in [2.75, 3.05) is 11.9 Å². The van der Waals surface area contributed by atoms with E-state index in [2.05, 4.69) is 21.3 Å². The molecule has 5 rings (SSSR count). The van der Waals surface area contributed by atoms with Crippen LogP contribution >= 0.6 is 0 Å². The average molecular weight is 644 g/mol. The van der Waals surface area contributed by atoms with E-state index in [1.54, 1.807) is 25.1 Å². The minimum Gasteiger partial charge on any atom is -0.423 e. The van der Waals surface area contributed by atoms with E-state index in [9.17, 15) is 33.6 Å². The van der Waals surface area contributed by atoms with Crippen molar-refractivity contribution in [1.29, 1.82) is 0 Å². The molecule has 2 aliphatic heterocycles. The SMILES string of the molecule is Cc1cc(=O)oc2cc(NC(=O)[C@H](Cc3ccccc3)NC(=O)[C@@H]3CCCN3C(=O)[C@H](C)NC(=O)[C@]3(C)NC(=O)CCC3=O)ccc12. The minimum absolute atomic E-state index is 0.00984. The zero-order valence-corrected chi connectivity index (χ0v) is 26.4. The van der Waals surface area contributed by atoms with Gasteiger partial charge in [0, 0.05) is 49.0 Å². The molecule has 2 saturated heterocycles. The summed E-state index contributed by atoms with van der Waals surface area (Å²) in [5, 5.41) is 11.3. The predicted octanol–water partition coefficient (Wildman–Crippen LogP) is 1.50. The zero-order valence-electron chi connectivity index (χ0n) is 26.4. The summed E-state index contributed by atoms with van der Waals surface area (Å²) in [4.78, 5) is 91.4. The molecule has 246 valence electrons. The highest BCUT2D eigenvalue weighted by molar-refractivity contribution is 6.15. The Morgan fingerprint density at radius 1 is 1.02 bits per heavy atom. The van der Waals surface area contributed by atoms with Crippen LogP contribution in [0, 0.1) is 6.92 Å². The molecule has 2 fully saturated rings. The Balaban J connectivity index is 1.30. The Labute approximate surface area is 270 Å². The van der Waals surface area contributed by atoms with Crippen LogP contribution in [0.2, 0.25) is 0 Å². The second kappa shape index (κ2) is 13.6. The Hall–Kier alpha value is -5.33. The molecule has 13 nitrogen and oxygen atoms in total. The quantitative estimate of drug-likeness (QED) is 0.200. The molecule has 0 aliphatic carbocycles. The van der Waals surface area contributed by atoms with Crippen LogP contribution in [-0.2, 0) is 35.2 Å². The molecule has 1 aromatic heterocycles.